The Morgan fingerprint density at radius 1 is 1.27 bits per heavy atom. The second kappa shape index (κ2) is 8.71. The first-order valence-electron chi connectivity index (χ1n) is 8.22. The van der Waals surface area contributed by atoms with Crippen LogP contribution in [0.3, 0.4) is 0 Å². The van der Waals surface area contributed by atoms with Gasteiger partial charge in [0.1, 0.15) is 5.82 Å². The summed E-state index contributed by atoms with van der Waals surface area (Å²) in [7, 11) is 0. The van der Waals surface area contributed by atoms with E-state index in [1.165, 1.54) is 6.92 Å². The summed E-state index contributed by atoms with van der Waals surface area (Å²) < 4.78 is 39.7. The van der Waals surface area contributed by atoms with E-state index < -0.39 is 17.8 Å². The second-order valence-corrected chi connectivity index (χ2v) is 6.73. The third kappa shape index (κ3) is 5.20. The Kier molecular flexibility index (Phi) is 7.68. The molecule has 2 unspecified atom stereocenters. The number of aromatic nitrogens is 2. The van der Waals surface area contributed by atoms with Crippen LogP contribution in [-0.2, 0) is 23.8 Å². The molecule has 2 aliphatic carbocycles. The Morgan fingerprint density at radius 3 is 2.50 bits per heavy atom. The quantitative estimate of drug-likeness (QED) is 0.793. The van der Waals surface area contributed by atoms with Crippen molar-refractivity contribution >= 4 is 30.7 Å². The van der Waals surface area contributed by atoms with Crippen LogP contribution in [0.1, 0.15) is 42.0 Å². The minimum absolute atomic E-state index is 0. The first-order chi connectivity index (χ1) is 11.3. The highest BCUT2D eigenvalue weighted by molar-refractivity contribution is 5.85. The minimum atomic E-state index is -4.54. The van der Waals surface area contributed by atoms with Crippen molar-refractivity contribution in [3.8, 4) is 0 Å². The Labute approximate surface area is 162 Å². The highest BCUT2D eigenvalue weighted by atomic mass is 35.5. The van der Waals surface area contributed by atoms with Crippen LogP contribution >= 0.6 is 24.8 Å². The van der Waals surface area contributed by atoms with Gasteiger partial charge in [-0.1, -0.05) is 0 Å². The number of carbonyl (C=O) groups is 1. The number of rotatable bonds is 4. The maximum atomic E-state index is 13.2. The molecule has 2 aliphatic rings. The van der Waals surface area contributed by atoms with Crippen molar-refractivity contribution in [3.05, 3.63) is 22.8 Å². The molecule has 1 heterocycles. The van der Waals surface area contributed by atoms with Crippen LogP contribution in [0.15, 0.2) is 0 Å². The van der Waals surface area contributed by atoms with Gasteiger partial charge in [-0.3, -0.25) is 4.79 Å². The molecule has 10 heteroatoms. The van der Waals surface area contributed by atoms with Crippen LogP contribution in [0, 0.1) is 18.8 Å². The van der Waals surface area contributed by atoms with Gasteiger partial charge in [-0.25, -0.2) is 9.97 Å². The van der Waals surface area contributed by atoms with Crippen molar-refractivity contribution in [2.24, 2.45) is 17.6 Å². The van der Waals surface area contributed by atoms with E-state index >= 15 is 0 Å². The lowest BCUT2D eigenvalue weighted by Gasteiger charge is -2.26. The zero-order valence-corrected chi connectivity index (χ0v) is 15.9. The van der Waals surface area contributed by atoms with Crippen LogP contribution in [0.4, 0.5) is 13.2 Å². The van der Waals surface area contributed by atoms with Gasteiger partial charge in [0.25, 0.3) is 0 Å². The van der Waals surface area contributed by atoms with Crippen molar-refractivity contribution in [1.82, 2.24) is 15.3 Å². The lowest BCUT2D eigenvalue weighted by Crippen LogP contribution is -2.42. The van der Waals surface area contributed by atoms with Crippen LogP contribution in [-0.4, -0.2) is 28.5 Å². The molecular weight excluding hydrogens is 392 g/mol. The van der Waals surface area contributed by atoms with Gasteiger partial charge in [0.2, 0.25) is 5.91 Å². The summed E-state index contributed by atoms with van der Waals surface area (Å²) >= 11 is 0. The standard InChI is InChI=1S/C16H21F3N4O.2ClH/c1-8-22-13-5-4-10(6-11(13)14(23-8)16(17,18)19)15(24)21-7-12(20)9-2-3-9;;/h9-10,12H,2-7,20H2,1H3,(H,21,24);2*1H. The highest BCUT2D eigenvalue weighted by Gasteiger charge is 2.40. The molecule has 1 aromatic heterocycles. The molecule has 0 saturated heterocycles. The molecular formula is C16H23Cl2F3N4O. The van der Waals surface area contributed by atoms with Gasteiger partial charge in [-0.15, -0.1) is 24.8 Å². The monoisotopic (exact) mass is 414 g/mol. The number of aryl methyl sites for hydroxylation is 2. The van der Waals surface area contributed by atoms with Gasteiger partial charge in [-0.2, -0.15) is 13.2 Å². The van der Waals surface area contributed by atoms with Gasteiger partial charge in [0.05, 0.1) is 0 Å². The topological polar surface area (TPSA) is 80.9 Å². The molecule has 148 valence electrons. The summed E-state index contributed by atoms with van der Waals surface area (Å²) in [5.74, 6) is -0.147. The maximum Gasteiger partial charge on any atom is 0.433 e. The van der Waals surface area contributed by atoms with Crippen molar-refractivity contribution < 1.29 is 18.0 Å². The molecule has 1 saturated carbocycles. The summed E-state index contributed by atoms with van der Waals surface area (Å²) in [6.45, 7) is 1.83. The number of fused-ring (bicyclic) bond motifs is 1. The molecule has 0 aliphatic heterocycles. The van der Waals surface area contributed by atoms with Crippen LogP contribution in [0.2, 0.25) is 0 Å². The molecule has 0 bridgehead atoms. The number of nitrogens with zero attached hydrogens (tertiary/aromatic N) is 2. The lowest BCUT2D eigenvalue weighted by molar-refractivity contribution is -0.142. The van der Waals surface area contributed by atoms with Gasteiger partial charge in [0.15, 0.2) is 5.69 Å². The minimum Gasteiger partial charge on any atom is -0.354 e. The number of amides is 1. The summed E-state index contributed by atoms with van der Waals surface area (Å²) in [4.78, 5) is 20.0. The molecule has 0 spiro atoms. The van der Waals surface area contributed by atoms with Crippen LogP contribution < -0.4 is 11.1 Å². The van der Waals surface area contributed by atoms with E-state index in [9.17, 15) is 18.0 Å². The van der Waals surface area contributed by atoms with Crippen molar-refractivity contribution in [2.45, 2.75) is 51.2 Å². The number of carbonyl (C=O) groups excluding carboxylic acids is 1. The number of nitrogens with two attached hydrogens (primary N) is 1. The SMILES string of the molecule is Cc1nc2c(c(C(F)(F)F)n1)CC(C(=O)NCC(N)C1CC1)CC2.Cl.Cl. The average Bonchev–Trinajstić information content (AvgIpc) is 3.35. The Morgan fingerprint density at radius 2 is 1.92 bits per heavy atom. The molecule has 26 heavy (non-hydrogen) atoms. The Hall–Kier alpha value is -1.12. The van der Waals surface area contributed by atoms with E-state index in [4.69, 9.17) is 5.73 Å². The Bertz CT molecular complexity index is 653. The van der Waals surface area contributed by atoms with Crippen molar-refractivity contribution in [1.29, 1.82) is 0 Å². The lowest BCUT2D eigenvalue weighted by atomic mass is 9.85. The van der Waals surface area contributed by atoms with E-state index in [-0.39, 0.29) is 54.6 Å². The fourth-order valence-corrected chi connectivity index (χ4v) is 3.25. The third-order valence-electron chi connectivity index (χ3n) is 4.76. The molecule has 1 aromatic rings. The van der Waals surface area contributed by atoms with Gasteiger partial charge in [-0.05, 0) is 44.9 Å². The van der Waals surface area contributed by atoms with Gasteiger partial charge >= 0.3 is 6.18 Å². The number of halogens is 5. The molecule has 2 atom stereocenters. The molecule has 1 fully saturated rings. The van der Waals surface area contributed by atoms with Crippen molar-refractivity contribution in [2.75, 3.05) is 6.54 Å². The van der Waals surface area contributed by atoms with Gasteiger partial charge in [0, 0.05) is 29.8 Å². The maximum absolute atomic E-state index is 13.2. The molecule has 5 nitrogen and oxygen atoms in total. The van der Waals surface area contributed by atoms with Crippen molar-refractivity contribution in [3.63, 3.8) is 0 Å². The molecule has 1 amide bonds. The van der Waals surface area contributed by atoms with Crippen LogP contribution in [0.5, 0.6) is 0 Å². The summed E-state index contributed by atoms with van der Waals surface area (Å²) in [6.07, 6.45) is -1.50. The summed E-state index contributed by atoms with van der Waals surface area (Å²) in [5, 5.41) is 2.79. The number of hydrogen-bond donors (Lipinski definition) is 2. The summed E-state index contributed by atoms with van der Waals surface area (Å²) in [5.41, 5.74) is 5.51. The van der Waals surface area contributed by atoms with E-state index in [1.807, 2.05) is 0 Å². The number of nitrogens with one attached hydrogen (secondary N) is 1. The first-order valence-corrected chi connectivity index (χ1v) is 8.22. The predicted molar refractivity (Wildman–Crippen MR) is 95.5 cm³/mol. The second-order valence-electron chi connectivity index (χ2n) is 6.73. The van der Waals surface area contributed by atoms with E-state index in [0.717, 1.165) is 12.8 Å². The molecule has 0 aromatic carbocycles. The highest BCUT2D eigenvalue weighted by Crippen LogP contribution is 2.36. The normalized spacial score (nSPS) is 20.3. The smallest absolute Gasteiger partial charge is 0.354 e. The fourth-order valence-electron chi connectivity index (χ4n) is 3.25. The van der Waals surface area contributed by atoms with E-state index in [1.54, 1.807) is 0 Å². The molecule has 3 N–H and O–H groups in total. The van der Waals surface area contributed by atoms with Crippen LogP contribution in [0.25, 0.3) is 0 Å². The predicted octanol–water partition coefficient (Wildman–Crippen LogP) is 2.61. The van der Waals surface area contributed by atoms with E-state index in [2.05, 4.69) is 15.3 Å². The van der Waals surface area contributed by atoms with E-state index in [0.29, 0.717) is 31.0 Å². The Balaban J connectivity index is 0.00000169. The first kappa shape index (κ1) is 22.9. The summed E-state index contributed by atoms with van der Waals surface area (Å²) in [6, 6.07) is -0.0680. The molecule has 3 rings (SSSR count). The number of hydrogen-bond acceptors (Lipinski definition) is 4. The third-order valence-corrected chi connectivity index (χ3v) is 4.76. The number of alkyl halides is 3. The zero-order chi connectivity index (χ0) is 17.5. The fraction of sp³-hybridized carbons (Fsp3) is 0.688. The average molecular weight is 415 g/mol. The zero-order valence-electron chi connectivity index (χ0n) is 14.3. The van der Waals surface area contributed by atoms with Gasteiger partial charge < -0.3 is 11.1 Å². The largest absolute Gasteiger partial charge is 0.433 e. The molecule has 0 radical (unpaired) electrons.